The van der Waals surface area contributed by atoms with Gasteiger partial charge in [-0.1, -0.05) is 13.3 Å². The van der Waals surface area contributed by atoms with Gasteiger partial charge >= 0.3 is 12.1 Å². The van der Waals surface area contributed by atoms with Gasteiger partial charge in [0.05, 0.1) is 5.92 Å². The third-order valence-corrected chi connectivity index (χ3v) is 2.15. The average molecular weight is 245 g/mol. The van der Waals surface area contributed by atoms with Gasteiger partial charge in [0, 0.05) is 6.54 Å². The Labute approximate surface area is 103 Å². The summed E-state index contributed by atoms with van der Waals surface area (Å²) in [5.74, 6) is -1.10. The Bertz CT molecular complexity index is 258. The summed E-state index contributed by atoms with van der Waals surface area (Å²) in [6, 6.07) is 0. The van der Waals surface area contributed by atoms with Gasteiger partial charge in [0.15, 0.2) is 0 Å². The maximum Gasteiger partial charge on any atom is 0.407 e. The van der Waals surface area contributed by atoms with Crippen molar-refractivity contribution < 1.29 is 19.4 Å². The molecule has 1 amide bonds. The molecule has 0 unspecified atom stereocenters. The van der Waals surface area contributed by atoms with Crippen LogP contribution in [0.15, 0.2) is 0 Å². The molecule has 0 aliphatic rings. The number of amides is 1. The van der Waals surface area contributed by atoms with Crippen molar-refractivity contribution in [2.75, 3.05) is 6.54 Å². The second-order valence-electron chi connectivity index (χ2n) is 5.16. The van der Waals surface area contributed by atoms with Crippen molar-refractivity contribution in [1.82, 2.24) is 5.32 Å². The highest BCUT2D eigenvalue weighted by Crippen LogP contribution is 2.08. The van der Waals surface area contributed by atoms with Crippen LogP contribution >= 0.6 is 0 Å². The molecule has 0 radical (unpaired) electrons. The van der Waals surface area contributed by atoms with Crippen molar-refractivity contribution in [2.45, 2.75) is 52.6 Å². The Morgan fingerprint density at radius 1 is 1.29 bits per heavy atom. The van der Waals surface area contributed by atoms with E-state index >= 15 is 0 Å². The quantitative estimate of drug-likeness (QED) is 0.704. The lowest BCUT2D eigenvalue weighted by molar-refractivity contribution is -0.141. The fraction of sp³-hybridized carbons (Fsp3) is 0.833. The summed E-state index contributed by atoms with van der Waals surface area (Å²) >= 11 is 0. The molecule has 5 heteroatoms. The molecular formula is C12H23NO4. The maximum atomic E-state index is 11.2. The number of carbonyl (C=O) groups is 2. The zero-order chi connectivity index (χ0) is 13.5. The van der Waals surface area contributed by atoms with Gasteiger partial charge < -0.3 is 15.2 Å². The predicted molar refractivity (Wildman–Crippen MR) is 64.9 cm³/mol. The monoisotopic (exact) mass is 245 g/mol. The van der Waals surface area contributed by atoms with E-state index in [1.54, 1.807) is 27.7 Å². The van der Waals surface area contributed by atoms with Gasteiger partial charge in [-0.15, -0.1) is 0 Å². The number of alkyl carbamates (subject to hydrolysis) is 1. The molecule has 0 spiro atoms. The zero-order valence-corrected chi connectivity index (χ0v) is 11.1. The molecule has 0 heterocycles. The second kappa shape index (κ2) is 7.14. The van der Waals surface area contributed by atoms with Crippen LogP contribution in [-0.4, -0.2) is 29.3 Å². The number of carboxylic acid groups (broad SMARTS) is 1. The molecule has 5 nitrogen and oxygen atoms in total. The predicted octanol–water partition coefficient (Wildman–Crippen LogP) is 2.40. The molecule has 0 aliphatic heterocycles. The second-order valence-corrected chi connectivity index (χ2v) is 5.16. The Morgan fingerprint density at radius 2 is 1.88 bits per heavy atom. The highest BCUT2D eigenvalue weighted by atomic mass is 16.6. The molecule has 17 heavy (non-hydrogen) atoms. The van der Waals surface area contributed by atoms with E-state index in [4.69, 9.17) is 9.84 Å². The lowest BCUT2D eigenvalue weighted by Crippen LogP contribution is -2.33. The van der Waals surface area contributed by atoms with Crippen molar-refractivity contribution in [2.24, 2.45) is 5.92 Å². The topological polar surface area (TPSA) is 75.6 Å². The van der Waals surface area contributed by atoms with Crippen LogP contribution in [0.4, 0.5) is 4.79 Å². The molecule has 0 fully saturated rings. The number of ether oxygens (including phenoxy) is 1. The van der Waals surface area contributed by atoms with Gasteiger partial charge in [0.2, 0.25) is 0 Å². The zero-order valence-electron chi connectivity index (χ0n) is 11.1. The average Bonchev–Trinajstić information content (AvgIpc) is 2.13. The number of hydrogen-bond acceptors (Lipinski definition) is 3. The van der Waals surface area contributed by atoms with Gasteiger partial charge in [-0.2, -0.15) is 0 Å². The van der Waals surface area contributed by atoms with Crippen molar-refractivity contribution in [3.8, 4) is 0 Å². The van der Waals surface area contributed by atoms with E-state index in [2.05, 4.69) is 5.32 Å². The summed E-state index contributed by atoms with van der Waals surface area (Å²) in [5, 5.41) is 11.3. The summed E-state index contributed by atoms with van der Waals surface area (Å²) in [7, 11) is 0. The van der Waals surface area contributed by atoms with Crippen molar-refractivity contribution in [3.63, 3.8) is 0 Å². The number of aliphatic carboxylic acids is 1. The molecule has 0 saturated carbocycles. The van der Waals surface area contributed by atoms with Crippen LogP contribution in [0.1, 0.15) is 47.0 Å². The Kier molecular flexibility index (Phi) is 6.61. The smallest absolute Gasteiger partial charge is 0.407 e. The van der Waals surface area contributed by atoms with Crippen LogP contribution in [0.3, 0.4) is 0 Å². The first-order valence-electron chi connectivity index (χ1n) is 5.92. The van der Waals surface area contributed by atoms with Crippen LogP contribution < -0.4 is 5.32 Å². The fourth-order valence-corrected chi connectivity index (χ4v) is 1.20. The third kappa shape index (κ3) is 9.66. The number of hydrogen-bond donors (Lipinski definition) is 2. The minimum Gasteiger partial charge on any atom is -0.481 e. The molecule has 0 rings (SSSR count). The van der Waals surface area contributed by atoms with E-state index in [9.17, 15) is 9.59 Å². The van der Waals surface area contributed by atoms with E-state index in [0.717, 1.165) is 12.8 Å². The maximum absolute atomic E-state index is 11.2. The van der Waals surface area contributed by atoms with Gasteiger partial charge in [0.1, 0.15) is 5.60 Å². The highest BCUT2D eigenvalue weighted by molar-refractivity contribution is 5.69. The van der Waals surface area contributed by atoms with Crippen LogP contribution in [0.5, 0.6) is 0 Å². The first-order valence-corrected chi connectivity index (χ1v) is 5.92. The van der Waals surface area contributed by atoms with Crippen molar-refractivity contribution >= 4 is 12.1 Å². The Balaban J connectivity index is 3.52. The van der Waals surface area contributed by atoms with Crippen molar-refractivity contribution in [1.29, 1.82) is 0 Å². The summed E-state index contributed by atoms with van der Waals surface area (Å²) < 4.78 is 5.06. The van der Waals surface area contributed by atoms with Crippen LogP contribution in [0.25, 0.3) is 0 Å². The van der Waals surface area contributed by atoms with E-state index in [-0.39, 0.29) is 5.92 Å². The molecule has 0 aromatic rings. The first kappa shape index (κ1) is 15.7. The summed E-state index contributed by atoms with van der Waals surface area (Å²) in [6.45, 7) is 7.62. The van der Waals surface area contributed by atoms with Gasteiger partial charge in [-0.3, -0.25) is 4.79 Å². The molecule has 2 N–H and O–H groups in total. The van der Waals surface area contributed by atoms with Gasteiger partial charge in [0.25, 0.3) is 0 Å². The Morgan fingerprint density at radius 3 is 2.35 bits per heavy atom. The number of unbranched alkanes of at least 4 members (excludes halogenated alkanes) is 1. The standard InChI is InChI=1S/C12H23NO4/c1-9(10(14)15)7-5-6-8-13-11(16)17-12(2,3)4/h9H,5-8H2,1-4H3,(H,13,16)(H,14,15)/t9-/m1/s1. The number of carboxylic acids is 1. The SMILES string of the molecule is C[C@H](CCCCNC(=O)OC(C)(C)C)C(=O)O. The van der Waals surface area contributed by atoms with E-state index < -0.39 is 17.7 Å². The lowest BCUT2D eigenvalue weighted by atomic mass is 10.0. The minimum atomic E-state index is -0.773. The molecule has 0 bridgehead atoms. The largest absolute Gasteiger partial charge is 0.481 e. The van der Waals surface area contributed by atoms with E-state index in [1.165, 1.54) is 0 Å². The number of nitrogens with one attached hydrogen (secondary N) is 1. The fourth-order valence-electron chi connectivity index (χ4n) is 1.20. The molecular weight excluding hydrogens is 222 g/mol. The molecule has 0 aromatic heterocycles. The third-order valence-electron chi connectivity index (χ3n) is 2.15. The van der Waals surface area contributed by atoms with E-state index in [0.29, 0.717) is 13.0 Å². The van der Waals surface area contributed by atoms with Crippen molar-refractivity contribution in [3.05, 3.63) is 0 Å². The lowest BCUT2D eigenvalue weighted by Gasteiger charge is -2.19. The summed E-state index contributed by atoms with van der Waals surface area (Å²) in [5.41, 5.74) is -0.484. The summed E-state index contributed by atoms with van der Waals surface area (Å²) in [4.78, 5) is 21.8. The minimum absolute atomic E-state index is 0.323. The Hall–Kier alpha value is -1.26. The number of carbonyl (C=O) groups excluding carboxylic acids is 1. The van der Waals surface area contributed by atoms with Crippen LogP contribution in [-0.2, 0) is 9.53 Å². The molecule has 0 aliphatic carbocycles. The number of rotatable bonds is 6. The summed E-state index contributed by atoms with van der Waals surface area (Å²) in [6.07, 6.45) is 1.75. The molecule has 0 aromatic carbocycles. The molecule has 0 saturated heterocycles. The van der Waals surface area contributed by atoms with Crippen LogP contribution in [0.2, 0.25) is 0 Å². The van der Waals surface area contributed by atoms with Crippen LogP contribution in [0, 0.1) is 5.92 Å². The van der Waals surface area contributed by atoms with Gasteiger partial charge in [-0.05, 0) is 33.6 Å². The molecule has 1 atom stereocenters. The highest BCUT2D eigenvalue weighted by Gasteiger charge is 2.15. The van der Waals surface area contributed by atoms with Gasteiger partial charge in [-0.25, -0.2) is 4.79 Å². The molecule has 100 valence electrons. The first-order chi connectivity index (χ1) is 7.72. The van der Waals surface area contributed by atoms with E-state index in [1.807, 2.05) is 0 Å². The normalized spacial score (nSPS) is 12.9.